The van der Waals surface area contributed by atoms with E-state index in [1.807, 2.05) is 0 Å². The van der Waals surface area contributed by atoms with Crippen molar-refractivity contribution in [2.45, 2.75) is 205 Å². The van der Waals surface area contributed by atoms with Crippen molar-refractivity contribution in [2.24, 2.45) is 0 Å². The van der Waals surface area contributed by atoms with Crippen LogP contribution in [0, 0.1) is 0 Å². The minimum absolute atomic E-state index is 0.00224. The Morgan fingerprint density at radius 2 is 0.766 bits per heavy atom. The summed E-state index contributed by atoms with van der Waals surface area (Å²) in [6.07, 6.45) is 9.13. The van der Waals surface area contributed by atoms with Crippen molar-refractivity contribution in [3.63, 3.8) is 0 Å². The molecule has 0 bridgehead atoms. The van der Waals surface area contributed by atoms with Crippen LogP contribution in [0.5, 0.6) is 0 Å². The zero-order valence-corrected chi connectivity index (χ0v) is 49.5. The second-order valence-electron chi connectivity index (χ2n) is 30.0. The van der Waals surface area contributed by atoms with Gasteiger partial charge in [-0.1, -0.05) is 165 Å². The summed E-state index contributed by atoms with van der Waals surface area (Å²) in [5.74, 6) is 2.16. The van der Waals surface area contributed by atoms with Crippen molar-refractivity contribution in [1.29, 1.82) is 0 Å². The molecule has 77 heavy (non-hydrogen) atoms. The van der Waals surface area contributed by atoms with Crippen LogP contribution in [-0.2, 0) is 43.3 Å². The van der Waals surface area contributed by atoms with E-state index >= 15 is 0 Å². The number of furan rings is 1. The Bertz CT molecular complexity index is 3530. The van der Waals surface area contributed by atoms with Crippen LogP contribution < -0.4 is 31.1 Å². The molecule has 0 radical (unpaired) electrons. The molecule has 0 unspecified atom stereocenters. The first-order chi connectivity index (χ1) is 36.1. The molecule has 4 aliphatic carbocycles. The van der Waals surface area contributed by atoms with Gasteiger partial charge in [0.05, 0.1) is 5.69 Å². The fraction of sp³-hybridized carbons (Fsp3) is 0.444. The Morgan fingerprint density at radius 1 is 0.364 bits per heavy atom. The van der Waals surface area contributed by atoms with E-state index in [2.05, 4.69) is 247 Å². The summed E-state index contributed by atoms with van der Waals surface area (Å²) in [5.41, 5.74) is 23.9. The Hall–Kier alpha value is -5.94. The smallest absolute Gasteiger partial charge is 0.256 e. The predicted molar refractivity (Wildman–Crippen MR) is 329 cm³/mol. The fourth-order valence-corrected chi connectivity index (χ4v) is 15.6. The van der Waals surface area contributed by atoms with E-state index in [1.54, 1.807) is 0 Å². The molecule has 0 saturated heterocycles. The number of benzene rings is 6. The number of para-hydroxylation sites is 2. The maximum Gasteiger partial charge on any atom is 0.256 e. The van der Waals surface area contributed by atoms with E-state index in [0.29, 0.717) is 0 Å². The zero-order valence-electron chi connectivity index (χ0n) is 49.5. The van der Waals surface area contributed by atoms with Gasteiger partial charge in [-0.3, -0.25) is 4.90 Å². The van der Waals surface area contributed by atoms with Crippen LogP contribution in [0.15, 0.2) is 126 Å². The summed E-state index contributed by atoms with van der Waals surface area (Å²) < 4.78 is 7.92. The largest absolute Gasteiger partial charge is 0.444 e. The van der Waals surface area contributed by atoms with Crippen molar-refractivity contribution in [3.05, 3.63) is 166 Å². The van der Waals surface area contributed by atoms with Crippen molar-refractivity contribution in [2.75, 3.05) is 14.7 Å². The van der Waals surface area contributed by atoms with Gasteiger partial charge in [0.2, 0.25) is 0 Å². The summed E-state index contributed by atoms with van der Waals surface area (Å²) in [5, 5.41) is 0. The third-order valence-corrected chi connectivity index (χ3v) is 21.0. The number of hydrogen-bond acceptors (Lipinski definition) is 4. The highest BCUT2D eigenvalue weighted by molar-refractivity contribution is 7.00. The molecule has 6 aliphatic rings. The van der Waals surface area contributed by atoms with Gasteiger partial charge >= 0.3 is 0 Å². The second kappa shape index (κ2) is 16.3. The molecule has 2 aliphatic heterocycles. The minimum Gasteiger partial charge on any atom is -0.444 e. The highest BCUT2D eigenvalue weighted by atomic mass is 16.4. The predicted octanol–water partition coefficient (Wildman–Crippen LogP) is 18.2. The number of nitrogens with zero attached hydrogens (tertiary/aromatic N) is 3. The second-order valence-corrected chi connectivity index (χ2v) is 30.0. The SMILES string of the molecule is CC1(C)CCC(C)(C)c2cc(N3c4cc5c(cc4B4c6c3cc(N(c3ccccc3)c3ccccc3)cc6N(c3ccc6c(c3)C(C)(C)CCC6(C)C)c3oc6c(c34)C(C)(C)CCC6(C)C)C(C)(C)CCC5(C)C)ccc21. The lowest BCUT2D eigenvalue weighted by Gasteiger charge is -2.48. The Balaban J connectivity index is 1.22. The van der Waals surface area contributed by atoms with Gasteiger partial charge in [0.15, 0.2) is 5.88 Å². The first-order valence-electron chi connectivity index (χ1n) is 29.5. The molecule has 7 aromatic rings. The quantitative estimate of drug-likeness (QED) is 0.160. The van der Waals surface area contributed by atoms with E-state index in [0.717, 1.165) is 67.2 Å². The van der Waals surface area contributed by atoms with Crippen molar-refractivity contribution in [1.82, 2.24) is 0 Å². The molecule has 0 amide bonds. The van der Waals surface area contributed by atoms with Crippen LogP contribution in [0.2, 0.25) is 0 Å². The topological polar surface area (TPSA) is 22.9 Å². The zero-order chi connectivity index (χ0) is 54.4. The summed E-state index contributed by atoms with van der Waals surface area (Å²) in [7, 11) is 0. The molecule has 396 valence electrons. The molecule has 1 aromatic heterocycles. The van der Waals surface area contributed by atoms with Crippen molar-refractivity contribution in [3.8, 4) is 0 Å². The van der Waals surface area contributed by atoms with Gasteiger partial charge in [-0.05, 0) is 211 Å². The first kappa shape index (κ1) is 50.6. The highest BCUT2D eigenvalue weighted by Gasteiger charge is 2.54. The molecule has 4 nitrogen and oxygen atoms in total. The van der Waals surface area contributed by atoms with Crippen molar-refractivity contribution < 1.29 is 4.42 Å². The Kier molecular flexibility index (Phi) is 10.7. The van der Waals surface area contributed by atoms with Crippen LogP contribution >= 0.6 is 0 Å². The summed E-state index contributed by atoms with van der Waals surface area (Å²) in [6, 6.07) is 47.7. The standard InChI is InChI=1S/C72H84BN3O/c1-65(2)31-33-67(5,6)52-39-47(27-29-50(52)65)75-57-44-55-54(69(9,10)35-36-70(55,11)12)43-56(57)73-61-58(75)41-49(74(45-23-19-17-20-24-45)46-25-21-18-22-26-46)42-59(61)76(48-28-30-51-53(40-48)68(7,8)34-32-66(51,3)4)64-62(73)60-63(77-64)72(15,16)38-37-71(60,13)14/h17-30,39-44H,31-38H2,1-16H3. The van der Waals surface area contributed by atoms with Crippen LogP contribution in [0.4, 0.5) is 51.4 Å². The van der Waals surface area contributed by atoms with Crippen molar-refractivity contribution >= 4 is 74.5 Å². The molecule has 13 rings (SSSR count). The number of anilines is 9. The Morgan fingerprint density at radius 3 is 1.26 bits per heavy atom. The maximum atomic E-state index is 7.92. The van der Waals surface area contributed by atoms with Crippen LogP contribution in [-0.4, -0.2) is 6.71 Å². The normalized spacial score (nSPS) is 21.6. The molecule has 6 aromatic carbocycles. The molecule has 0 atom stereocenters. The van der Waals surface area contributed by atoms with Crippen LogP contribution in [0.3, 0.4) is 0 Å². The molecular weight excluding hydrogens is 934 g/mol. The van der Waals surface area contributed by atoms with E-state index in [9.17, 15) is 0 Å². The summed E-state index contributed by atoms with van der Waals surface area (Å²) in [6.45, 7) is 39.6. The summed E-state index contributed by atoms with van der Waals surface area (Å²) >= 11 is 0. The minimum atomic E-state index is -0.150. The third-order valence-electron chi connectivity index (χ3n) is 21.0. The van der Waals surface area contributed by atoms with Gasteiger partial charge < -0.3 is 14.2 Å². The molecule has 0 fully saturated rings. The third kappa shape index (κ3) is 7.50. The number of hydrogen-bond donors (Lipinski definition) is 0. The lowest BCUT2D eigenvalue weighted by molar-refractivity contribution is 0.280. The Labute approximate surface area is 462 Å². The lowest BCUT2D eigenvalue weighted by Crippen LogP contribution is -2.63. The molecule has 0 saturated carbocycles. The average Bonchev–Trinajstić information content (AvgIpc) is 3.57. The van der Waals surface area contributed by atoms with Gasteiger partial charge in [-0.15, -0.1) is 0 Å². The fourth-order valence-electron chi connectivity index (χ4n) is 15.6. The average molecular weight is 1020 g/mol. The van der Waals surface area contributed by atoms with E-state index in [-0.39, 0.29) is 50.0 Å². The molecule has 0 N–H and O–H groups in total. The van der Waals surface area contributed by atoms with Crippen LogP contribution in [0.1, 0.15) is 207 Å². The number of fused-ring (bicyclic) bond motifs is 9. The van der Waals surface area contributed by atoms with E-state index in [1.165, 1.54) is 96.6 Å². The lowest BCUT2D eigenvalue weighted by atomic mass is 9.32. The van der Waals surface area contributed by atoms with Gasteiger partial charge in [0.1, 0.15) is 5.76 Å². The number of rotatable bonds is 5. The van der Waals surface area contributed by atoms with E-state index < -0.39 is 0 Å². The van der Waals surface area contributed by atoms with Gasteiger partial charge in [0, 0.05) is 45.2 Å². The van der Waals surface area contributed by atoms with E-state index in [4.69, 9.17) is 4.42 Å². The van der Waals surface area contributed by atoms with Gasteiger partial charge in [0.25, 0.3) is 6.71 Å². The molecule has 0 spiro atoms. The first-order valence-corrected chi connectivity index (χ1v) is 29.5. The highest BCUT2D eigenvalue weighted by Crippen LogP contribution is 2.57. The summed E-state index contributed by atoms with van der Waals surface area (Å²) in [4.78, 5) is 7.83. The molecule has 3 heterocycles. The monoisotopic (exact) mass is 1020 g/mol. The molecule has 5 heteroatoms. The van der Waals surface area contributed by atoms with Crippen LogP contribution in [0.25, 0.3) is 0 Å². The molecular formula is C72H84BN3O. The van der Waals surface area contributed by atoms with Gasteiger partial charge in [-0.2, -0.15) is 0 Å². The maximum absolute atomic E-state index is 7.92. The van der Waals surface area contributed by atoms with Gasteiger partial charge in [-0.25, -0.2) is 0 Å².